The van der Waals surface area contributed by atoms with Crippen LogP contribution in [0.1, 0.15) is 78.1 Å². The first-order valence-electron chi connectivity index (χ1n) is 8.58. The molecule has 7 nitrogen and oxygen atoms in total. The van der Waals surface area contributed by atoms with Crippen molar-refractivity contribution in [2.75, 3.05) is 0 Å². The van der Waals surface area contributed by atoms with Crippen molar-refractivity contribution in [3.05, 3.63) is 0 Å². The second kappa shape index (κ2) is 13.1. The maximum atomic E-state index is 11.9. The Morgan fingerprint density at radius 2 is 1.40 bits per heavy atom. The third-order valence-electron chi connectivity index (χ3n) is 4.43. The van der Waals surface area contributed by atoms with Gasteiger partial charge in [-0.3, -0.25) is 14.1 Å². The summed E-state index contributed by atoms with van der Waals surface area (Å²) in [6.45, 7) is 3.92. The molecule has 0 aliphatic heterocycles. The minimum atomic E-state index is -5.08. The van der Waals surface area contributed by atoms with Gasteiger partial charge in [-0.05, 0) is 12.8 Å². The molecule has 0 radical (unpaired) electrons. The van der Waals surface area contributed by atoms with Crippen LogP contribution in [-0.4, -0.2) is 69.4 Å². The molecule has 25 heavy (non-hydrogen) atoms. The molecule has 2 atom stereocenters. The summed E-state index contributed by atoms with van der Waals surface area (Å²) < 4.78 is 30.7. The van der Waals surface area contributed by atoms with Crippen molar-refractivity contribution in [3.63, 3.8) is 0 Å². The molecule has 0 bridgehead atoms. The molecule has 0 fully saturated rings. The molecule has 0 aromatic carbocycles. The number of hydrogen-bond acceptors (Lipinski definition) is 4. The van der Waals surface area contributed by atoms with Crippen molar-refractivity contribution in [2.24, 2.45) is 5.92 Å². The summed E-state index contributed by atoms with van der Waals surface area (Å²) in [5, 5.41) is 19.0. The summed E-state index contributed by atoms with van der Waals surface area (Å²) in [5.41, 5.74) is 0. The summed E-state index contributed by atoms with van der Waals surface area (Å²) >= 11 is 0. The Hall–Kier alpha value is -0.150. The SMILES string of the molecule is CCCCCCC(C(=O)O)C(CCCCCC)(C(=O)O)S(=O)(=O)O.[NaH]. The molecule has 0 aromatic heterocycles. The Labute approximate surface area is 172 Å². The second-order valence-electron chi connectivity index (χ2n) is 6.22. The van der Waals surface area contributed by atoms with Crippen molar-refractivity contribution < 1.29 is 32.8 Å². The average Bonchev–Trinajstić information content (AvgIpc) is 2.46. The number of carboxylic acid groups (broad SMARTS) is 2. The van der Waals surface area contributed by atoms with E-state index in [1.807, 2.05) is 13.8 Å². The molecule has 0 spiro atoms. The Morgan fingerprint density at radius 1 is 0.920 bits per heavy atom. The van der Waals surface area contributed by atoms with Crippen LogP contribution in [0.2, 0.25) is 0 Å². The van der Waals surface area contributed by atoms with Gasteiger partial charge in [0.1, 0.15) is 0 Å². The van der Waals surface area contributed by atoms with Crippen LogP contribution in [0.15, 0.2) is 0 Å². The predicted molar refractivity (Wildman–Crippen MR) is 97.7 cm³/mol. The average molecular weight is 390 g/mol. The first kappa shape index (κ1) is 27.1. The number of carbonyl (C=O) groups is 2. The fourth-order valence-corrected chi connectivity index (χ4v) is 4.20. The minimum absolute atomic E-state index is 0. The van der Waals surface area contributed by atoms with E-state index in [0.29, 0.717) is 19.3 Å². The second-order valence-corrected chi connectivity index (χ2v) is 7.90. The molecule has 0 heterocycles. The zero-order chi connectivity index (χ0) is 18.8. The molecule has 0 amide bonds. The van der Waals surface area contributed by atoms with Gasteiger partial charge in [0, 0.05) is 0 Å². The summed E-state index contributed by atoms with van der Waals surface area (Å²) in [6.07, 6.45) is 4.86. The molecule has 3 N–H and O–H groups in total. The fourth-order valence-electron chi connectivity index (χ4n) is 3.00. The van der Waals surface area contributed by atoms with Gasteiger partial charge in [-0.1, -0.05) is 65.2 Å². The Kier molecular flexibility index (Phi) is 14.2. The van der Waals surface area contributed by atoms with E-state index >= 15 is 0 Å². The van der Waals surface area contributed by atoms with Gasteiger partial charge in [-0.25, -0.2) is 0 Å². The van der Waals surface area contributed by atoms with Gasteiger partial charge < -0.3 is 10.2 Å². The van der Waals surface area contributed by atoms with E-state index in [2.05, 4.69) is 0 Å². The van der Waals surface area contributed by atoms with E-state index in [9.17, 15) is 32.8 Å². The zero-order valence-electron chi connectivity index (χ0n) is 14.5. The van der Waals surface area contributed by atoms with E-state index < -0.39 is 39.1 Å². The summed E-state index contributed by atoms with van der Waals surface area (Å²) in [7, 11) is -5.08. The summed E-state index contributed by atoms with van der Waals surface area (Å²) in [5.74, 6) is -4.95. The van der Waals surface area contributed by atoms with Crippen molar-refractivity contribution >= 4 is 51.6 Å². The van der Waals surface area contributed by atoms with Gasteiger partial charge in [0.05, 0.1) is 5.92 Å². The van der Waals surface area contributed by atoms with Gasteiger partial charge in [-0.2, -0.15) is 8.42 Å². The van der Waals surface area contributed by atoms with Gasteiger partial charge in [0.25, 0.3) is 10.1 Å². The van der Waals surface area contributed by atoms with Gasteiger partial charge in [0.2, 0.25) is 4.75 Å². The van der Waals surface area contributed by atoms with E-state index in [1.165, 1.54) is 0 Å². The fraction of sp³-hybridized carbons (Fsp3) is 0.875. The molecule has 0 aliphatic rings. The Bertz CT molecular complexity index is 507. The first-order valence-corrected chi connectivity index (χ1v) is 10.0. The zero-order valence-corrected chi connectivity index (χ0v) is 15.3. The van der Waals surface area contributed by atoms with Gasteiger partial charge >= 0.3 is 41.5 Å². The molecule has 2 unspecified atom stereocenters. The van der Waals surface area contributed by atoms with E-state index in [1.54, 1.807) is 0 Å². The summed E-state index contributed by atoms with van der Waals surface area (Å²) in [4.78, 5) is 23.4. The molecule has 0 saturated heterocycles. The molecule has 0 rings (SSSR count). The van der Waals surface area contributed by atoms with E-state index in [4.69, 9.17) is 0 Å². The van der Waals surface area contributed by atoms with Crippen LogP contribution in [0.25, 0.3) is 0 Å². The van der Waals surface area contributed by atoms with Crippen LogP contribution in [0.4, 0.5) is 0 Å². The first-order chi connectivity index (χ1) is 11.1. The Morgan fingerprint density at radius 3 is 1.76 bits per heavy atom. The van der Waals surface area contributed by atoms with E-state index in [0.717, 1.165) is 25.7 Å². The molecular formula is C16H31NaO7S. The Balaban J connectivity index is 0. The molecule has 0 aromatic rings. The van der Waals surface area contributed by atoms with Crippen LogP contribution >= 0.6 is 0 Å². The number of rotatable bonds is 14. The molecule has 9 heteroatoms. The van der Waals surface area contributed by atoms with Crippen molar-refractivity contribution in [1.29, 1.82) is 0 Å². The molecule has 0 aliphatic carbocycles. The molecular weight excluding hydrogens is 359 g/mol. The van der Waals surface area contributed by atoms with Gasteiger partial charge in [0.15, 0.2) is 0 Å². The maximum absolute atomic E-state index is 11.9. The van der Waals surface area contributed by atoms with Gasteiger partial charge in [-0.15, -0.1) is 0 Å². The van der Waals surface area contributed by atoms with Crippen LogP contribution in [-0.2, 0) is 19.7 Å². The summed E-state index contributed by atoms with van der Waals surface area (Å²) in [6, 6.07) is 0. The van der Waals surface area contributed by atoms with Crippen LogP contribution < -0.4 is 0 Å². The molecule has 144 valence electrons. The van der Waals surface area contributed by atoms with Crippen molar-refractivity contribution in [1.82, 2.24) is 0 Å². The van der Waals surface area contributed by atoms with Crippen LogP contribution in [0.3, 0.4) is 0 Å². The topological polar surface area (TPSA) is 129 Å². The quantitative estimate of drug-likeness (QED) is 0.236. The number of unbranched alkanes of at least 4 members (excludes halogenated alkanes) is 6. The van der Waals surface area contributed by atoms with Crippen molar-refractivity contribution in [2.45, 2.75) is 82.8 Å². The van der Waals surface area contributed by atoms with E-state index in [-0.39, 0.29) is 42.4 Å². The monoisotopic (exact) mass is 390 g/mol. The van der Waals surface area contributed by atoms with Crippen LogP contribution in [0, 0.1) is 5.92 Å². The standard InChI is InChI=1S/C16H30O7S.Na.H/c1-3-5-7-9-11-13(14(17)18)16(15(19)20,24(21,22)23)12-10-8-6-4-2;;/h13H,3-12H2,1-2H3,(H,17,18)(H,19,20)(H,21,22,23);;. The van der Waals surface area contributed by atoms with Crippen molar-refractivity contribution in [3.8, 4) is 0 Å². The molecule has 0 saturated carbocycles. The number of aliphatic carboxylic acids is 2. The third-order valence-corrected chi connectivity index (χ3v) is 6.02. The number of hydrogen-bond donors (Lipinski definition) is 3. The predicted octanol–water partition coefficient (Wildman–Crippen LogP) is 2.69. The van der Waals surface area contributed by atoms with Crippen LogP contribution in [0.5, 0.6) is 0 Å². The third kappa shape index (κ3) is 7.95. The normalized spacial score (nSPS) is 15.0. The number of carboxylic acids is 2.